The van der Waals surface area contributed by atoms with Gasteiger partial charge in [-0.25, -0.2) is 0 Å². The van der Waals surface area contributed by atoms with E-state index in [2.05, 4.69) is 3.98 Å². The number of hydrogen-bond acceptors (Lipinski definition) is 3. The Bertz CT molecular complexity index is 397. The van der Waals surface area contributed by atoms with E-state index in [9.17, 15) is 0 Å². The summed E-state index contributed by atoms with van der Waals surface area (Å²) in [5.74, 6) is 0. The molecule has 0 aliphatic heterocycles. The molecule has 0 bridgehead atoms. The van der Waals surface area contributed by atoms with Crippen molar-refractivity contribution in [3.05, 3.63) is 30.0 Å². The van der Waals surface area contributed by atoms with Gasteiger partial charge in [-0.1, -0.05) is 0 Å². The normalized spacial score (nSPS) is 11.2. The molecule has 2 rings (SSSR count). The summed E-state index contributed by atoms with van der Waals surface area (Å²) in [7, 11) is 0. The first-order chi connectivity index (χ1) is 5.77. The van der Waals surface area contributed by atoms with Crippen molar-refractivity contribution in [3.8, 4) is 0 Å². The van der Waals surface area contributed by atoms with Crippen LogP contribution in [0.5, 0.6) is 0 Å². The van der Waals surface area contributed by atoms with Crippen molar-refractivity contribution in [1.29, 1.82) is 0 Å². The molecule has 0 radical (unpaired) electrons. The molecule has 0 unspecified atom stereocenters. The van der Waals surface area contributed by atoms with Gasteiger partial charge in [-0.2, -0.15) is 0 Å². The summed E-state index contributed by atoms with van der Waals surface area (Å²) in [6, 6.07) is 5.37. The maximum absolute atomic E-state index is 8.88. The zero-order chi connectivity index (χ0) is 8.55. The van der Waals surface area contributed by atoms with Crippen LogP contribution in [-0.4, -0.2) is 28.9 Å². The van der Waals surface area contributed by atoms with Gasteiger partial charge < -0.3 is 0 Å². The van der Waals surface area contributed by atoms with E-state index in [4.69, 9.17) is 10.2 Å². The van der Waals surface area contributed by atoms with Gasteiger partial charge in [-0.15, -0.1) is 0 Å². The van der Waals surface area contributed by atoms with E-state index in [1.165, 1.54) is 0 Å². The third-order valence-electron chi connectivity index (χ3n) is 1.68. The van der Waals surface area contributed by atoms with E-state index in [1.807, 2.05) is 12.3 Å². The zero-order valence-electron chi connectivity index (χ0n) is 6.14. The van der Waals surface area contributed by atoms with Crippen LogP contribution < -0.4 is 0 Å². The third kappa shape index (κ3) is 1.30. The second-order valence-electron chi connectivity index (χ2n) is 2.50. The average Bonchev–Trinajstić information content (AvgIpc) is 2.49. The molecule has 1 aromatic heterocycles. The second-order valence-corrected chi connectivity index (χ2v) is 4.24. The quantitative estimate of drug-likeness (QED) is 0.544. The van der Waals surface area contributed by atoms with Crippen molar-refractivity contribution < 1.29 is 10.2 Å². The van der Waals surface area contributed by atoms with Gasteiger partial charge in [0.15, 0.2) is 0 Å². The molecule has 2 N–H and O–H groups in total. The van der Waals surface area contributed by atoms with E-state index in [-0.39, 0.29) is 14.7 Å². The predicted octanol–water partition coefficient (Wildman–Crippen LogP) is 0.275. The average molecular weight is 228 g/mol. The molecule has 3 nitrogen and oxygen atoms in total. The molecule has 12 heavy (non-hydrogen) atoms. The third-order valence-corrected chi connectivity index (χ3v) is 3.28. The number of aliphatic hydroxyl groups is 2. The van der Waals surface area contributed by atoms with Crippen LogP contribution in [0.4, 0.5) is 0 Å². The molecule has 1 heterocycles. The van der Waals surface area contributed by atoms with Gasteiger partial charge in [-0.3, -0.25) is 0 Å². The van der Waals surface area contributed by atoms with Gasteiger partial charge in [0.25, 0.3) is 0 Å². The Labute approximate surface area is 75.3 Å². The van der Waals surface area contributed by atoms with E-state index < -0.39 is 6.29 Å². The van der Waals surface area contributed by atoms with Crippen LogP contribution in [0.25, 0.3) is 9.65 Å². The van der Waals surface area contributed by atoms with Gasteiger partial charge >= 0.3 is 74.8 Å². The molecule has 0 saturated heterocycles. The standard InChI is InChI=1S/C8H7NO2Se/c10-8(11)5-1-2-6-4-9-12-7(6)3-5/h1-4,8,10-11H. The van der Waals surface area contributed by atoms with Crippen molar-refractivity contribution in [2.45, 2.75) is 6.29 Å². The van der Waals surface area contributed by atoms with Gasteiger partial charge in [0.2, 0.25) is 0 Å². The van der Waals surface area contributed by atoms with Crippen LogP contribution in [0.1, 0.15) is 11.9 Å². The monoisotopic (exact) mass is 229 g/mol. The van der Waals surface area contributed by atoms with E-state index >= 15 is 0 Å². The number of rotatable bonds is 1. The van der Waals surface area contributed by atoms with Gasteiger partial charge in [0.05, 0.1) is 0 Å². The Hall–Kier alpha value is -0.671. The topological polar surface area (TPSA) is 53.4 Å². The summed E-state index contributed by atoms with van der Waals surface area (Å²) >= 11 is 0.125. The van der Waals surface area contributed by atoms with Gasteiger partial charge in [-0.05, 0) is 0 Å². The number of hydrogen-bond donors (Lipinski definition) is 2. The number of benzene rings is 1. The number of aliphatic hydroxyl groups excluding tert-OH is 1. The Kier molecular flexibility index (Phi) is 1.98. The van der Waals surface area contributed by atoms with E-state index in [1.54, 1.807) is 12.1 Å². The van der Waals surface area contributed by atoms with Crippen LogP contribution in [0.2, 0.25) is 0 Å². The van der Waals surface area contributed by atoms with Crippen LogP contribution in [0.3, 0.4) is 0 Å². The number of nitrogens with zero attached hydrogens (tertiary/aromatic N) is 1. The number of fused-ring (bicyclic) bond motifs is 1. The van der Waals surface area contributed by atoms with E-state index in [0.717, 1.165) is 9.65 Å². The molecule has 0 saturated carbocycles. The second kappa shape index (κ2) is 2.99. The first-order valence-electron chi connectivity index (χ1n) is 3.48. The molecule has 1 aromatic carbocycles. The van der Waals surface area contributed by atoms with Crippen LogP contribution in [0, 0.1) is 0 Å². The minimum atomic E-state index is -1.37. The molecule has 4 heteroatoms. The first kappa shape index (κ1) is 7.95. The predicted molar refractivity (Wildman–Crippen MR) is 45.9 cm³/mol. The Morgan fingerprint density at radius 3 is 2.92 bits per heavy atom. The molecule has 0 fully saturated rings. The van der Waals surface area contributed by atoms with Crippen LogP contribution in [0.15, 0.2) is 24.4 Å². The van der Waals surface area contributed by atoms with Crippen molar-refractivity contribution >= 4 is 24.4 Å². The summed E-state index contributed by atoms with van der Waals surface area (Å²) in [5.41, 5.74) is 0.543. The summed E-state index contributed by atoms with van der Waals surface area (Å²) < 4.78 is 5.24. The van der Waals surface area contributed by atoms with Gasteiger partial charge in [0, 0.05) is 0 Å². The molecule has 2 aromatic rings. The fourth-order valence-electron chi connectivity index (χ4n) is 1.04. The first-order valence-corrected chi connectivity index (χ1v) is 5.10. The molecule has 0 atom stereocenters. The minimum absolute atomic E-state index is 0.125. The van der Waals surface area contributed by atoms with Crippen LogP contribution in [-0.2, 0) is 0 Å². The van der Waals surface area contributed by atoms with Crippen molar-refractivity contribution in [3.63, 3.8) is 0 Å². The SMILES string of the molecule is OC(O)c1ccc2cn[se]c2c1. The fraction of sp³-hybridized carbons (Fsp3) is 0.125. The summed E-state index contributed by atoms with van der Waals surface area (Å²) in [4.78, 5) is 0. The Balaban J connectivity index is 2.60. The molecule has 62 valence electrons. The fourth-order valence-corrected chi connectivity index (χ4v) is 2.49. The summed E-state index contributed by atoms with van der Waals surface area (Å²) in [6.07, 6.45) is 0.453. The van der Waals surface area contributed by atoms with Crippen molar-refractivity contribution in [1.82, 2.24) is 3.98 Å². The molecule has 0 spiro atoms. The Morgan fingerprint density at radius 1 is 1.33 bits per heavy atom. The molecule has 0 aliphatic rings. The maximum atomic E-state index is 8.88. The zero-order valence-corrected chi connectivity index (χ0v) is 7.85. The summed E-state index contributed by atoms with van der Waals surface area (Å²) in [5, 5.41) is 18.8. The Morgan fingerprint density at radius 2 is 2.17 bits per heavy atom. The molecular formula is C8H7NO2Se. The molecule has 0 amide bonds. The van der Waals surface area contributed by atoms with Gasteiger partial charge in [0.1, 0.15) is 0 Å². The van der Waals surface area contributed by atoms with Crippen LogP contribution >= 0.6 is 0 Å². The van der Waals surface area contributed by atoms with E-state index in [0.29, 0.717) is 5.56 Å². The summed E-state index contributed by atoms with van der Waals surface area (Å²) in [6.45, 7) is 0. The molecule has 0 aliphatic carbocycles. The number of aromatic nitrogens is 1. The molecular weight excluding hydrogens is 221 g/mol. The van der Waals surface area contributed by atoms with Crippen molar-refractivity contribution in [2.24, 2.45) is 0 Å². The van der Waals surface area contributed by atoms with Crippen molar-refractivity contribution in [2.75, 3.05) is 0 Å².